The molecule has 23 heavy (non-hydrogen) atoms. The third kappa shape index (κ3) is 2.56. The molecule has 0 spiro atoms. The fourth-order valence-corrected chi connectivity index (χ4v) is 3.64. The lowest BCUT2D eigenvalue weighted by Crippen LogP contribution is -2.23. The van der Waals surface area contributed by atoms with Crippen molar-refractivity contribution in [2.75, 3.05) is 0 Å². The Hall–Kier alpha value is -2.44. The third-order valence-electron chi connectivity index (χ3n) is 3.95. The van der Waals surface area contributed by atoms with Crippen LogP contribution in [-0.2, 0) is 25.0 Å². The fraction of sp³-hybridized carbons (Fsp3) is 0.176. The van der Waals surface area contributed by atoms with Gasteiger partial charge < -0.3 is 9.30 Å². The summed E-state index contributed by atoms with van der Waals surface area (Å²) in [6.07, 6.45) is 0. The normalized spacial score (nSPS) is 14.2. The molecule has 5 nitrogen and oxygen atoms in total. The van der Waals surface area contributed by atoms with Gasteiger partial charge in [0, 0.05) is 12.6 Å². The van der Waals surface area contributed by atoms with Crippen LogP contribution in [0.1, 0.15) is 21.5 Å². The van der Waals surface area contributed by atoms with E-state index in [1.807, 2.05) is 54.1 Å². The molecule has 0 radical (unpaired) electrons. The standard InChI is InChI=1S/C17H15N3O2S/c1-20-14-4-2-3-5-15(14)23-17(20)19-18-16(21)11-6-7-12-9-22-10-13(12)8-11/h2-8H,9-10H2,1H3,(H,18,21). The van der Waals surface area contributed by atoms with Crippen LogP contribution in [-0.4, -0.2) is 10.5 Å². The molecule has 0 bridgehead atoms. The summed E-state index contributed by atoms with van der Waals surface area (Å²) in [6.45, 7) is 1.19. The molecule has 1 aromatic heterocycles. The van der Waals surface area contributed by atoms with Crippen molar-refractivity contribution in [2.45, 2.75) is 13.2 Å². The van der Waals surface area contributed by atoms with Crippen molar-refractivity contribution in [3.05, 3.63) is 64.0 Å². The summed E-state index contributed by atoms with van der Waals surface area (Å²) in [5.74, 6) is -0.211. The molecule has 0 saturated heterocycles. The van der Waals surface area contributed by atoms with Crippen LogP contribution in [0.2, 0.25) is 0 Å². The van der Waals surface area contributed by atoms with Crippen LogP contribution >= 0.6 is 11.3 Å². The van der Waals surface area contributed by atoms with Gasteiger partial charge in [-0.3, -0.25) is 4.79 Å². The molecule has 2 aromatic carbocycles. The Morgan fingerprint density at radius 1 is 1.22 bits per heavy atom. The van der Waals surface area contributed by atoms with Gasteiger partial charge in [-0.15, -0.1) is 5.10 Å². The van der Waals surface area contributed by atoms with Crippen molar-refractivity contribution < 1.29 is 9.53 Å². The number of fused-ring (bicyclic) bond motifs is 2. The highest BCUT2D eigenvalue weighted by molar-refractivity contribution is 7.16. The molecule has 1 N–H and O–H groups in total. The maximum absolute atomic E-state index is 12.3. The van der Waals surface area contributed by atoms with E-state index in [4.69, 9.17) is 4.74 Å². The number of amides is 1. The Bertz CT molecular complexity index is 971. The molecule has 1 amide bonds. The number of carbonyl (C=O) groups is 1. The molecule has 0 aliphatic carbocycles. The first kappa shape index (κ1) is 14.2. The number of ether oxygens (including phenoxy) is 1. The lowest BCUT2D eigenvalue weighted by atomic mass is 10.1. The zero-order valence-electron chi connectivity index (χ0n) is 12.6. The quantitative estimate of drug-likeness (QED) is 0.736. The van der Waals surface area contributed by atoms with E-state index >= 15 is 0 Å². The van der Waals surface area contributed by atoms with Crippen LogP contribution < -0.4 is 10.2 Å². The Morgan fingerprint density at radius 3 is 2.91 bits per heavy atom. The summed E-state index contributed by atoms with van der Waals surface area (Å²) in [5.41, 5.74) is 6.56. The first-order valence-electron chi connectivity index (χ1n) is 7.30. The lowest BCUT2D eigenvalue weighted by molar-refractivity contribution is 0.0953. The number of aryl methyl sites for hydroxylation is 1. The van der Waals surface area contributed by atoms with Gasteiger partial charge in [0.05, 0.1) is 23.4 Å². The van der Waals surface area contributed by atoms with Crippen molar-refractivity contribution in [1.29, 1.82) is 0 Å². The summed E-state index contributed by atoms with van der Waals surface area (Å²) in [7, 11) is 1.94. The summed E-state index contributed by atoms with van der Waals surface area (Å²) >= 11 is 1.54. The second kappa shape index (κ2) is 5.64. The summed E-state index contributed by atoms with van der Waals surface area (Å²) < 4.78 is 8.48. The maximum atomic E-state index is 12.3. The largest absolute Gasteiger partial charge is 0.372 e. The number of benzene rings is 2. The predicted molar refractivity (Wildman–Crippen MR) is 88.8 cm³/mol. The first-order valence-corrected chi connectivity index (χ1v) is 8.12. The van der Waals surface area contributed by atoms with Crippen LogP contribution in [0.5, 0.6) is 0 Å². The summed E-state index contributed by atoms with van der Waals surface area (Å²) in [5, 5.41) is 4.26. The molecule has 2 heterocycles. The zero-order chi connectivity index (χ0) is 15.8. The summed E-state index contributed by atoms with van der Waals surface area (Å²) in [6, 6.07) is 13.7. The molecular weight excluding hydrogens is 310 g/mol. The van der Waals surface area contributed by atoms with Crippen molar-refractivity contribution in [2.24, 2.45) is 12.1 Å². The van der Waals surface area contributed by atoms with Gasteiger partial charge in [-0.2, -0.15) is 0 Å². The van der Waals surface area contributed by atoms with Gasteiger partial charge in [0.25, 0.3) is 5.91 Å². The molecule has 0 saturated carbocycles. The number of nitrogens with one attached hydrogen (secondary N) is 1. The smallest absolute Gasteiger partial charge is 0.271 e. The number of rotatable bonds is 2. The van der Waals surface area contributed by atoms with Crippen LogP contribution in [0.15, 0.2) is 47.6 Å². The monoisotopic (exact) mass is 325 g/mol. The Balaban J connectivity index is 1.62. The molecular formula is C17H15N3O2S. The van der Waals surface area contributed by atoms with Crippen molar-refractivity contribution in [1.82, 2.24) is 9.99 Å². The molecule has 4 rings (SSSR count). The topological polar surface area (TPSA) is 55.6 Å². The highest BCUT2D eigenvalue weighted by Crippen LogP contribution is 2.20. The molecule has 3 aromatic rings. The molecule has 116 valence electrons. The minimum absolute atomic E-state index is 0.211. The van der Waals surface area contributed by atoms with Crippen LogP contribution in [0, 0.1) is 0 Å². The van der Waals surface area contributed by atoms with Crippen molar-refractivity contribution >= 4 is 27.5 Å². The fourth-order valence-electron chi connectivity index (χ4n) is 2.66. The van der Waals surface area contributed by atoms with Crippen molar-refractivity contribution in [3.8, 4) is 0 Å². The number of thiazole rings is 1. The zero-order valence-corrected chi connectivity index (χ0v) is 13.4. The number of aromatic nitrogens is 1. The Labute approximate surface area is 136 Å². The maximum Gasteiger partial charge on any atom is 0.271 e. The van der Waals surface area contributed by atoms with E-state index in [1.54, 1.807) is 11.3 Å². The minimum Gasteiger partial charge on any atom is -0.372 e. The van der Waals surface area contributed by atoms with Gasteiger partial charge in [-0.25, -0.2) is 5.43 Å². The van der Waals surface area contributed by atoms with Crippen molar-refractivity contribution in [3.63, 3.8) is 0 Å². The molecule has 0 fully saturated rings. The molecule has 6 heteroatoms. The lowest BCUT2D eigenvalue weighted by Gasteiger charge is -2.02. The Morgan fingerprint density at radius 2 is 2.04 bits per heavy atom. The number of hydrogen-bond donors (Lipinski definition) is 1. The molecule has 0 unspecified atom stereocenters. The van der Waals surface area contributed by atoms with Gasteiger partial charge in [-0.1, -0.05) is 29.5 Å². The average molecular weight is 325 g/mol. The SMILES string of the molecule is Cn1c(=NNC(=O)c2ccc3c(c2)COC3)sc2ccccc21. The second-order valence-corrected chi connectivity index (χ2v) is 6.45. The number of carbonyl (C=O) groups excluding carboxylic acids is 1. The highest BCUT2D eigenvalue weighted by atomic mass is 32.1. The molecule has 0 atom stereocenters. The predicted octanol–water partition coefficient (Wildman–Crippen LogP) is 2.52. The van der Waals surface area contributed by atoms with E-state index in [9.17, 15) is 4.79 Å². The first-order chi connectivity index (χ1) is 11.2. The average Bonchev–Trinajstić information content (AvgIpc) is 3.17. The minimum atomic E-state index is -0.211. The van der Waals surface area contributed by atoms with E-state index in [2.05, 4.69) is 10.5 Å². The van der Waals surface area contributed by atoms with E-state index < -0.39 is 0 Å². The van der Waals surface area contributed by atoms with E-state index in [0.29, 0.717) is 18.8 Å². The van der Waals surface area contributed by atoms with Gasteiger partial charge in [-0.05, 0) is 35.4 Å². The molecule has 1 aliphatic heterocycles. The highest BCUT2D eigenvalue weighted by Gasteiger charge is 2.14. The molecule has 1 aliphatic rings. The van der Waals surface area contributed by atoms with Gasteiger partial charge in [0.1, 0.15) is 0 Å². The van der Waals surface area contributed by atoms with Gasteiger partial charge >= 0.3 is 0 Å². The summed E-state index contributed by atoms with van der Waals surface area (Å²) in [4.78, 5) is 13.0. The number of nitrogens with zero attached hydrogens (tertiary/aromatic N) is 2. The van der Waals surface area contributed by atoms with Crippen LogP contribution in [0.25, 0.3) is 10.2 Å². The van der Waals surface area contributed by atoms with Crippen LogP contribution in [0.3, 0.4) is 0 Å². The van der Waals surface area contributed by atoms with E-state index in [1.165, 1.54) is 0 Å². The number of para-hydroxylation sites is 1. The van der Waals surface area contributed by atoms with Crippen LogP contribution in [0.4, 0.5) is 0 Å². The third-order valence-corrected chi connectivity index (χ3v) is 5.06. The Kier molecular flexibility index (Phi) is 3.48. The van der Waals surface area contributed by atoms with Gasteiger partial charge in [0.2, 0.25) is 4.80 Å². The van der Waals surface area contributed by atoms with E-state index in [0.717, 1.165) is 26.1 Å². The number of hydrogen-bond acceptors (Lipinski definition) is 4. The van der Waals surface area contributed by atoms with Gasteiger partial charge in [0.15, 0.2) is 0 Å². The second-order valence-electron chi connectivity index (χ2n) is 5.44. The van der Waals surface area contributed by atoms with E-state index in [-0.39, 0.29) is 5.91 Å².